The molecular formula is C30H21N5O9S3. The van der Waals surface area contributed by atoms with Crippen LogP contribution in [0.2, 0.25) is 0 Å². The number of aromatic nitrogens is 1. The second-order valence-corrected chi connectivity index (χ2v) is 13.8. The molecule has 1 amide bonds. The molecule has 3 heterocycles. The Hall–Kier alpha value is -5.20. The molecule has 7 rings (SSSR count). The average Bonchev–Trinajstić information content (AvgIpc) is 3.67. The van der Waals surface area contributed by atoms with Crippen molar-refractivity contribution in [2.75, 3.05) is 23.6 Å². The first-order valence-corrected chi connectivity index (χ1v) is 17.4. The molecule has 5 aromatic rings. The van der Waals surface area contributed by atoms with Gasteiger partial charge in [0, 0.05) is 21.9 Å². The summed E-state index contributed by atoms with van der Waals surface area (Å²) in [5, 5.41) is 12.1. The van der Waals surface area contributed by atoms with E-state index in [4.69, 9.17) is 9.47 Å². The molecule has 1 aromatic heterocycles. The molecule has 0 radical (unpaired) electrons. The number of nitrogens with zero attached hydrogens (tertiary/aromatic N) is 4. The van der Waals surface area contributed by atoms with E-state index in [2.05, 4.69) is 20.6 Å². The summed E-state index contributed by atoms with van der Waals surface area (Å²) in [6.07, 6.45) is 0. The monoisotopic (exact) mass is 691 g/mol. The Morgan fingerprint density at radius 1 is 0.851 bits per heavy atom. The molecule has 4 aromatic carbocycles. The first kappa shape index (κ1) is 30.5. The maximum absolute atomic E-state index is 13.8. The number of fused-ring (bicyclic) bond motifs is 2. The third-order valence-electron chi connectivity index (χ3n) is 7.14. The SMILES string of the molecule is O=C1/C(=N\Nc2ccc3c(S(=O)(=O)O)cc(S(=O)(=O)O)cc3c2)C(c2ccccc2)=NN1c1nc(-c2ccc3c(c2)OCCO3)cs1. The van der Waals surface area contributed by atoms with Crippen molar-refractivity contribution >= 4 is 70.5 Å². The minimum Gasteiger partial charge on any atom is -0.486 e. The Balaban J connectivity index is 1.23. The third kappa shape index (κ3) is 5.93. The van der Waals surface area contributed by atoms with E-state index in [1.54, 1.807) is 35.7 Å². The van der Waals surface area contributed by atoms with Crippen LogP contribution in [0, 0.1) is 0 Å². The molecule has 238 valence electrons. The first-order chi connectivity index (χ1) is 22.5. The Bertz CT molecular complexity index is 2370. The smallest absolute Gasteiger partial charge is 0.303 e. The van der Waals surface area contributed by atoms with Crippen LogP contribution in [0.5, 0.6) is 11.5 Å². The van der Waals surface area contributed by atoms with Crippen molar-refractivity contribution < 1.29 is 40.2 Å². The van der Waals surface area contributed by atoms with Crippen molar-refractivity contribution in [3.63, 3.8) is 0 Å². The molecule has 0 unspecified atom stereocenters. The quantitative estimate of drug-likeness (QED) is 0.161. The Morgan fingerprint density at radius 2 is 1.62 bits per heavy atom. The number of ether oxygens (including phenoxy) is 2. The molecule has 0 saturated carbocycles. The maximum atomic E-state index is 13.8. The lowest BCUT2D eigenvalue weighted by atomic mass is 10.1. The molecular weight excluding hydrogens is 671 g/mol. The summed E-state index contributed by atoms with van der Waals surface area (Å²) >= 11 is 1.20. The Kier molecular flexibility index (Phi) is 7.48. The molecule has 2 aliphatic rings. The van der Waals surface area contributed by atoms with E-state index >= 15 is 0 Å². The van der Waals surface area contributed by atoms with Crippen molar-refractivity contribution in [2.24, 2.45) is 10.2 Å². The van der Waals surface area contributed by atoms with Gasteiger partial charge in [-0.05, 0) is 47.9 Å². The number of benzene rings is 4. The molecule has 0 atom stereocenters. The number of hydrogen-bond acceptors (Lipinski definition) is 12. The number of rotatable bonds is 7. The lowest BCUT2D eigenvalue weighted by Crippen LogP contribution is -2.28. The normalized spacial score (nSPS) is 15.7. The average molecular weight is 692 g/mol. The van der Waals surface area contributed by atoms with Gasteiger partial charge in [-0.15, -0.1) is 11.3 Å². The second kappa shape index (κ2) is 11.6. The van der Waals surface area contributed by atoms with Crippen LogP contribution in [-0.4, -0.2) is 61.5 Å². The summed E-state index contributed by atoms with van der Waals surface area (Å²) in [5.74, 6) is 0.657. The fourth-order valence-electron chi connectivity index (χ4n) is 4.97. The summed E-state index contributed by atoms with van der Waals surface area (Å²) in [4.78, 5) is 16.9. The summed E-state index contributed by atoms with van der Waals surface area (Å²) in [6.45, 7) is 0.903. The number of nitrogens with one attached hydrogen (secondary N) is 1. The zero-order valence-electron chi connectivity index (χ0n) is 23.8. The van der Waals surface area contributed by atoms with E-state index in [0.717, 1.165) is 16.6 Å². The predicted molar refractivity (Wildman–Crippen MR) is 174 cm³/mol. The van der Waals surface area contributed by atoms with E-state index in [-0.39, 0.29) is 27.9 Å². The van der Waals surface area contributed by atoms with Crippen molar-refractivity contribution in [1.82, 2.24) is 4.98 Å². The van der Waals surface area contributed by atoms with Crippen LogP contribution in [0.4, 0.5) is 10.8 Å². The summed E-state index contributed by atoms with van der Waals surface area (Å²) in [5.41, 5.74) is 5.13. The second-order valence-electron chi connectivity index (χ2n) is 10.2. The molecule has 0 bridgehead atoms. The highest BCUT2D eigenvalue weighted by Crippen LogP contribution is 2.37. The number of amides is 1. The highest BCUT2D eigenvalue weighted by Gasteiger charge is 2.36. The van der Waals surface area contributed by atoms with E-state index in [1.807, 2.05) is 18.2 Å². The zero-order chi connectivity index (χ0) is 32.9. The molecule has 47 heavy (non-hydrogen) atoms. The molecule has 0 fully saturated rings. The third-order valence-corrected chi connectivity index (χ3v) is 9.68. The molecule has 0 spiro atoms. The minimum atomic E-state index is -4.85. The van der Waals surface area contributed by atoms with Crippen LogP contribution in [0.15, 0.2) is 104 Å². The molecule has 14 nitrogen and oxygen atoms in total. The highest BCUT2D eigenvalue weighted by atomic mass is 32.2. The standard InChI is InChI=1S/C30H21N5O9S3/c36-29-28(33-32-20-7-8-22-19(12-20)13-21(46(37,38)39)15-26(22)47(40,41)42)27(17-4-2-1-3-5-17)34-35(29)30-31-23(16-45-30)18-6-9-24-25(14-18)44-11-10-43-24/h1-9,12-16,32H,10-11H2,(H,37,38,39)(H,40,41,42)/b33-28-. The van der Waals surface area contributed by atoms with Gasteiger partial charge in [0.1, 0.15) is 23.8 Å². The molecule has 3 N–H and O–H groups in total. The molecule has 2 aliphatic heterocycles. The van der Waals surface area contributed by atoms with Crippen molar-refractivity contribution in [3.05, 3.63) is 89.8 Å². The van der Waals surface area contributed by atoms with Crippen molar-refractivity contribution in [1.29, 1.82) is 0 Å². The molecule has 0 saturated heterocycles. The number of carbonyl (C=O) groups is 1. The van der Waals surface area contributed by atoms with Gasteiger partial charge in [0.25, 0.3) is 20.2 Å². The van der Waals surface area contributed by atoms with Gasteiger partial charge in [-0.1, -0.05) is 36.4 Å². The van der Waals surface area contributed by atoms with Crippen LogP contribution in [0.25, 0.3) is 22.0 Å². The van der Waals surface area contributed by atoms with Gasteiger partial charge in [-0.2, -0.15) is 32.0 Å². The summed E-state index contributed by atoms with van der Waals surface area (Å²) in [6, 6.07) is 20.1. The van der Waals surface area contributed by atoms with Gasteiger partial charge in [0.05, 0.1) is 16.3 Å². The summed E-state index contributed by atoms with van der Waals surface area (Å²) < 4.78 is 78.1. The fraction of sp³-hybridized carbons (Fsp3) is 0.0667. The molecule has 0 aliphatic carbocycles. The van der Waals surface area contributed by atoms with Gasteiger partial charge in [-0.3, -0.25) is 19.3 Å². The zero-order valence-corrected chi connectivity index (χ0v) is 26.2. The van der Waals surface area contributed by atoms with Gasteiger partial charge in [0.2, 0.25) is 5.13 Å². The van der Waals surface area contributed by atoms with Crippen LogP contribution in [0.1, 0.15) is 5.56 Å². The van der Waals surface area contributed by atoms with E-state index < -0.39 is 35.9 Å². The van der Waals surface area contributed by atoms with Crippen LogP contribution in [0.3, 0.4) is 0 Å². The van der Waals surface area contributed by atoms with Gasteiger partial charge >= 0.3 is 5.91 Å². The number of hydrazone groups is 2. The maximum Gasteiger partial charge on any atom is 0.303 e. The van der Waals surface area contributed by atoms with Crippen molar-refractivity contribution in [2.45, 2.75) is 9.79 Å². The van der Waals surface area contributed by atoms with Gasteiger partial charge in [0.15, 0.2) is 17.2 Å². The van der Waals surface area contributed by atoms with Gasteiger partial charge < -0.3 is 9.47 Å². The number of hydrogen-bond donors (Lipinski definition) is 3. The lowest BCUT2D eigenvalue weighted by molar-refractivity contribution is -0.112. The number of thiazole rings is 1. The Morgan fingerprint density at radius 3 is 2.36 bits per heavy atom. The highest BCUT2D eigenvalue weighted by molar-refractivity contribution is 7.86. The van der Waals surface area contributed by atoms with E-state index in [0.29, 0.717) is 47.2 Å². The largest absolute Gasteiger partial charge is 0.486 e. The molecule has 17 heteroatoms. The minimum absolute atomic E-state index is 0.00894. The lowest BCUT2D eigenvalue weighted by Gasteiger charge is -2.18. The number of carbonyl (C=O) groups excluding carboxylic acids is 1. The van der Waals surface area contributed by atoms with Gasteiger partial charge in [-0.25, -0.2) is 4.98 Å². The summed E-state index contributed by atoms with van der Waals surface area (Å²) in [7, 11) is -9.67. The predicted octanol–water partition coefficient (Wildman–Crippen LogP) is 4.45. The fourth-order valence-corrected chi connectivity index (χ4v) is 7.11. The van der Waals surface area contributed by atoms with Crippen molar-refractivity contribution in [3.8, 4) is 22.8 Å². The van der Waals surface area contributed by atoms with Crippen LogP contribution >= 0.6 is 11.3 Å². The number of anilines is 2. The van der Waals surface area contributed by atoms with E-state index in [9.17, 15) is 30.7 Å². The topological polar surface area (TPSA) is 197 Å². The van der Waals surface area contributed by atoms with Crippen LogP contribution < -0.4 is 19.9 Å². The first-order valence-electron chi connectivity index (χ1n) is 13.7. The Labute approximate surface area is 271 Å². The van der Waals surface area contributed by atoms with Crippen LogP contribution in [-0.2, 0) is 25.0 Å². The van der Waals surface area contributed by atoms with E-state index in [1.165, 1.54) is 29.5 Å².